The Balaban J connectivity index is 3.28. The number of carboxylic acids is 1. The van der Waals surface area contributed by atoms with Gasteiger partial charge in [0.25, 0.3) is 0 Å². The zero-order valence-electron chi connectivity index (χ0n) is 10.5. The number of rotatable bonds is 4. The van der Waals surface area contributed by atoms with Gasteiger partial charge in [0.1, 0.15) is 5.75 Å². The van der Waals surface area contributed by atoms with Gasteiger partial charge in [0.15, 0.2) is 6.10 Å². The van der Waals surface area contributed by atoms with Gasteiger partial charge in [-0.05, 0) is 24.1 Å². The molecule has 94 valence electrons. The third-order valence-electron chi connectivity index (χ3n) is 3.12. The van der Waals surface area contributed by atoms with Gasteiger partial charge < -0.3 is 14.9 Å². The van der Waals surface area contributed by atoms with Crippen LogP contribution < -0.4 is 4.74 Å². The van der Waals surface area contributed by atoms with E-state index >= 15 is 0 Å². The molecule has 1 rings (SSSR count). The van der Waals surface area contributed by atoms with Crippen molar-refractivity contribution in [3.8, 4) is 5.75 Å². The van der Waals surface area contributed by atoms with Crippen LogP contribution in [0, 0.1) is 6.92 Å². The van der Waals surface area contributed by atoms with Crippen LogP contribution in [0.5, 0.6) is 5.75 Å². The average molecular weight is 238 g/mol. The number of aliphatic carboxylic acids is 1. The first-order chi connectivity index (χ1) is 7.82. The minimum absolute atomic E-state index is 0.688. The van der Waals surface area contributed by atoms with Gasteiger partial charge >= 0.3 is 5.97 Å². The number of hydrogen-bond acceptors (Lipinski definition) is 3. The van der Waals surface area contributed by atoms with Crippen molar-refractivity contribution in [2.45, 2.75) is 32.3 Å². The molecular formula is C13H18O4. The summed E-state index contributed by atoms with van der Waals surface area (Å²) in [4.78, 5) is 10.9. The van der Waals surface area contributed by atoms with E-state index in [0.29, 0.717) is 5.75 Å². The number of ether oxygens (including phenoxy) is 1. The van der Waals surface area contributed by atoms with Gasteiger partial charge in [-0.1, -0.05) is 26.0 Å². The largest absolute Gasteiger partial charge is 0.496 e. The molecule has 0 saturated carbocycles. The Bertz CT molecular complexity index is 423. The van der Waals surface area contributed by atoms with E-state index in [1.54, 1.807) is 27.0 Å². The summed E-state index contributed by atoms with van der Waals surface area (Å²) < 4.78 is 5.19. The van der Waals surface area contributed by atoms with Gasteiger partial charge in [-0.2, -0.15) is 0 Å². The number of aliphatic hydroxyl groups excluding tert-OH is 1. The number of aliphatic hydroxyl groups is 1. The molecule has 0 spiro atoms. The maximum atomic E-state index is 10.9. The Labute approximate surface area is 101 Å². The maximum absolute atomic E-state index is 10.9. The Kier molecular flexibility index (Phi) is 3.78. The predicted molar refractivity (Wildman–Crippen MR) is 64.4 cm³/mol. The first-order valence-corrected chi connectivity index (χ1v) is 5.37. The highest BCUT2D eigenvalue weighted by Crippen LogP contribution is 2.33. The molecule has 2 N–H and O–H groups in total. The molecule has 1 atom stereocenters. The fraction of sp³-hybridized carbons (Fsp3) is 0.462. The predicted octanol–water partition coefficient (Wildman–Crippen LogP) is 1.73. The van der Waals surface area contributed by atoms with E-state index in [0.717, 1.165) is 11.1 Å². The molecule has 0 aliphatic carbocycles. The van der Waals surface area contributed by atoms with Gasteiger partial charge in [-0.15, -0.1) is 0 Å². The van der Waals surface area contributed by atoms with Crippen molar-refractivity contribution in [2.24, 2.45) is 0 Å². The second kappa shape index (κ2) is 4.75. The highest BCUT2D eigenvalue weighted by molar-refractivity contribution is 5.74. The lowest BCUT2D eigenvalue weighted by Gasteiger charge is -2.30. The van der Waals surface area contributed by atoms with Crippen LogP contribution in [-0.2, 0) is 10.2 Å². The Morgan fingerprint density at radius 2 is 2.00 bits per heavy atom. The van der Waals surface area contributed by atoms with Crippen molar-refractivity contribution in [1.29, 1.82) is 0 Å². The maximum Gasteiger partial charge on any atom is 0.333 e. The molecule has 1 aromatic rings. The third kappa shape index (κ3) is 2.42. The third-order valence-corrected chi connectivity index (χ3v) is 3.12. The average Bonchev–Trinajstić information content (AvgIpc) is 2.27. The Morgan fingerprint density at radius 3 is 2.47 bits per heavy atom. The highest BCUT2D eigenvalue weighted by atomic mass is 16.5. The lowest BCUT2D eigenvalue weighted by molar-refractivity contribution is -0.150. The van der Waals surface area contributed by atoms with Crippen LogP contribution in [0.4, 0.5) is 0 Å². The van der Waals surface area contributed by atoms with Gasteiger partial charge in [0.05, 0.1) is 7.11 Å². The summed E-state index contributed by atoms with van der Waals surface area (Å²) in [6, 6.07) is 5.41. The van der Waals surface area contributed by atoms with E-state index in [1.165, 1.54) is 0 Å². The molecule has 1 aromatic carbocycles. The zero-order valence-corrected chi connectivity index (χ0v) is 10.5. The van der Waals surface area contributed by atoms with Gasteiger partial charge in [0, 0.05) is 5.41 Å². The van der Waals surface area contributed by atoms with Crippen molar-refractivity contribution >= 4 is 5.97 Å². The molecule has 0 amide bonds. The molecule has 4 heteroatoms. The first-order valence-electron chi connectivity index (χ1n) is 5.37. The SMILES string of the molecule is COc1cccc(C(C)(C)C(O)C(=O)O)c1C. The molecule has 0 saturated heterocycles. The number of hydrogen-bond donors (Lipinski definition) is 2. The summed E-state index contributed by atoms with van der Waals surface area (Å²) in [5.74, 6) is -0.537. The van der Waals surface area contributed by atoms with Crippen molar-refractivity contribution < 1.29 is 19.7 Å². The molecule has 0 bridgehead atoms. The summed E-state index contributed by atoms with van der Waals surface area (Å²) in [7, 11) is 1.56. The zero-order chi connectivity index (χ0) is 13.2. The number of benzene rings is 1. The van der Waals surface area contributed by atoms with E-state index in [4.69, 9.17) is 9.84 Å². The monoisotopic (exact) mass is 238 g/mol. The summed E-state index contributed by atoms with van der Waals surface area (Å²) >= 11 is 0. The number of carboxylic acid groups (broad SMARTS) is 1. The van der Waals surface area contributed by atoms with Crippen molar-refractivity contribution in [1.82, 2.24) is 0 Å². The fourth-order valence-corrected chi connectivity index (χ4v) is 1.99. The molecule has 1 unspecified atom stereocenters. The Morgan fingerprint density at radius 1 is 1.41 bits per heavy atom. The lowest BCUT2D eigenvalue weighted by atomic mass is 9.77. The first kappa shape index (κ1) is 13.5. The lowest BCUT2D eigenvalue weighted by Crippen LogP contribution is -2.40. The summed E-state index contributed by atoms with van der Waals surface area (Å²) in [6.45, 7) is 5.26. The van der Waals surface area contributed by atoms with Crippen LogP contribution in [0.1, 0.15) is 25.0 Å². The van der Waals surface area contributed by atoms with Crippen LogP contribution in [0.25, 0.3) is 0 Å². The molecular weight excluding hydrogens is 220 g/mol. The second-order valence-electron chi connectivity index (χ2n) is 4.60. The standard InChI is InChI=1S/C13H18O4/c1-8-9(6-5-7-10(8)17-4)13(2,3)11(14)12(15)16/h5-7,11,14H,1-4H3,(H,15,16). The summed E-state index contributed by atoms with van der Waals surface area (Å²) in [5.41, 5.74) is 0.747. The molecule has 4 nitrogen and oxygen atoms in total. The summed E-state index contributed by atoms with van der Waals surface area (Å²) in [6.07, 6.45) is -1.45. The van der Waals surface area contributed by atoms with Gasteiger partial charge in [-0.3, -0.25) is 0 Å². The second-order valence-corrected chi connectivity index (χ2v) is 4.60. The molecule has 0 radical (unpaired) electrons. The Hall–Kier alpha value is -1.55. The normalized spacial score (nSPS) is 13.2. The van der Waals surface area contributed by atoms with Gasteiger partial charge in [-0.25, -0.2) is 4.79 Å². The summed E-state index contributed by atoms with van der Waals surface area (Å²) in [5, 5.41) is 18.7. The molecule has 17 heavy (non-hydrogen) atoms. The van der Waals surface area contributed by atoms with E-state index in [2.05, 4.69) is 0 Å². The smallest absolute Gasteiger partial charge is 0.333 e. The van der Waals surface area contributed by atoms with Crippen molar-refractivity contribution in [3.63, 3.8) is 0 Å². The quantitative estimate of drug-likeness (QED) is 0.838. The van der Waals surface area contributed by atoms with Crippen LogP contribution in [0.3, 0.4) is 0 Å². The van der Waals surface area contributed by atoms with Crippen LogP contribution >= 0.6 is 0 Å². The highest BCUT2D eigenvalue weighted by Gasteiger charge is 2.36. The molecule has 0 aromatic heterocycles. The number of methoxy groups -OCH3 is 1. The van der Waals surface area contributed by atoms with Crippen LogP contribution in [0.15, 0.2) is 18.2 Å². The van der Waals surface area contributed by atoms with Gasteiger partial charge in [0.2, 0.25) is 0 Å². The fourth-order valence-electron chi connectivity index (χ4n) is 1.99. The van der Waals surface area contributed by atoms with E-state index in [-0.39, 0.29) is 0 Å². The van der Waals surface area contributed by atoms with E-state index < -0.39 is 17.5 Å². The van der Waals surface area contributed by atoms with Crippen molar-refractivity contribution in [2.75, 3.05) is 7.11 Å². The van der Waals surface area contributed by atoms with E-state index in [9.17, 15) is 9.90 Å². The number of carbonyl (C=O) groups is 1. The van der Waals surface area contributed by atoms with Crippen LogP contribution in [0.2, 0.25) is 0 Å². The van der Waals surface area contributed by atoms with E-state index in [1.807, 2.05) is 19.1 Å². The molecule has 0 heterocycles. The molecule has 0 aliphatic rings. The van der Waals surface area contributed by atoms with Crippen LogP contribution in [-0.4, -0.2) is 29.4 Å². The molecule has 0 aliphatic heterocycles. The molecule has 0 fully saturated rings. The van der Waals surface area contributed by atoms with Crippen molar-refractivity contribution in [3.05, 3.63) is 29.3 Å². The topological polar surface area (TPSA) is 66.8 Å². The minimum Gasteiger partial charge on any atom is -0.496 e. The minimum atomic E-state index is -1.45.